The van der Waals surface area contributed by atoms with Crippen molar-refractivity contribution in [2.75, 3.05) is 45.8 Å². The molecule has 0 atom stereocenters. The van der Waals surface area contributed by atoms with Crippen LogP contribution in [0.4, 0.5) is 4.39 Å². The summed E-state index contributed by atoms with van der Waals surface area (Å²) in [6, 6.07) is 15.1. The highest BCUT2D eigenvalue weighted by molar-refractivity contribution is 7.89. The van der Waals surface area contributed by atoms with Crippen molar-refractivity contribution in [3.63, 3.8) is 0 Å². The summed E-state index contributed by atoms with van der Waals surface area (Å²) in [5.74, 6) is -0.479. The van der Waals surface area contributed by atoms with Crippen molar-refractivity contribution in [2.24, 2.45) is 5.92 Å². The summed E-state index contributed by atoms with van der Waals surface area (Å²) >= 11 is 0. The molecular formula is C25H30FN3O3S. The number of halogens is 1. The number of hydrogen-bond donors (Lipinski definition) is 0. The van der Waals surface area contributed by atoms with Crippen LogP contribution < -0.4 is 0 Å². The minimum Gasteiger partial charge on any atom is -0.340 e. The van der Waals surface area contributed by atoms with Crippen LogP contribution in [0.1, 0.15) is 18.4 Å². The number of piperazine rings is 1. The third-order valence-corrected chi connectivity index (χ3v) is 8.32. The fourth-order valence-electron chi connectivity index (χ4n) is 4.41. The average molecular weight is 472 g/mol. The molecule has 0 bridgehead atoms. The quantitative estimate of drug-likeness (QED) is 0.650. The van der Waals surface area contributed by atoms with E-state index in [9.17, 15) is 17.6 Å². The van der Waals surface area contributed by atoms with Gasteiger partial charge in [0.2, 0.25) is 15.9 Å². The van der Waals surface area contributed by atoms with Crippen molar-refractivity contribution < 1.29 is 17.6 Å². The van der Waals surface area contributed by atoms with E-state index in [1.165, 1.54) is 22.0 Å². The Morgan fingerprint density at radius 2 is 1.55 bits per heavy atom. The molecule has 2 aliphatic heterocycles. The molecule has 2 aromatic rings. The molecule has 0 aliphatic carbocycles. The van der Waals surface area contributed by atoms with Gasteiger partial charge in [-0.1, -0.05) is 42.5 Å². The first kappa shape index (κ1) is 23.6. The van der Waals surface area contributed by atoms with Gasteiger partial charge in [0.25, 0.3) is 0 Å². The van der Waals surface area contributed by atoms with Crippen LogP contribution in [0.15, 0.2) is 65.6 Å². The van der Waals surface area contributed by atoms with E-state index in [4.69, 9.17) is 0 Å². The Morgan fingerprint density at radius 1 is 0.909 bits per heavy atom. The van der Waals surface area contributed by atoms with Crippen LogP contribution in [0.5, 0.6) is 0 Å². The van der Waals surface area contributed by atoms with Crippen molar-refractivity contribution in [1.29, 1.82) is 0 Å². The zero-order valence-electron chi connectivity index (χ0n) is 18.6. The van der Waals surface area contributed by atoms with Crippen LogP contribution in [-0.4, -0.2) is 74.2 Å². The van der Waals surface area contributed by atoms with Gasteiger partial charge in [0.15, 0.2) is 0 Å². The van der Waals surface area contributed by atoms with Crippen LogP contribution in [0, 0.1) is 11.7 Å². The van der Waals surface area contributed by atoms with E-state index in [-0.39, 0.29) is 16.7 Å². The first-order valence-corrected chi connectivity index (χ1v) is 12.9. The van der Waals surface area contributed by atoms with Crippen molar-refractivity contribution in [3.8, 4) is 0 Å². The van der Waals surface area contributed by atoms with Gasteiger partial charge in [0, 0.05) is 51.7 Å². The molecule has 6 nitrogen and oxygen atoms in total. The van der Waals surface area contributed by atoms with Crippen molar-refractivity contribution in [3.05, 3.63) is 72.1 Å². The zero-order chi connectivity index (χ0) is 23.3. The number of benzene rings is 2. The topological polar surface area (TPSA) is 60.9 Å². The van der Waals surface area contributed by atoms with E-state index in [0.29, 0.717) is 39.0 Å². The summed E-state index contributed by atoms with van der Waals surface area (Å²) in [7, 11) is -3.66. The number of sulfonamides is 1. The van der Waals surface area contributed by atoms with Gasteiger partial charge in [-0.25, -0.2) is 12.8 Å². The normalized spacial score (nSPS) is 19.2. The number of amides is 1. The van der Waals surface area contributed by atoms with E-state index < -0.39 is 15.8 Å². The molecule has 0 saturated carbocycles. The van der Waals surface area contributed by atoms with E-state index in [1.54, 1.807) is 0 Å². The van der Waals surface area contributed by atoms with Crippen molar-refractivity contribution in [2.45, 2.75) is 17.7 Å². The lowest BCUT2D eigenvalue weighted by Crippen LogP contribution is -2.51. The summed E-state index contributed by atoms with van der Waals surface area (Å²) < 4.78 is 40.1. The van der Waals surface area contributed by atoms with E-state index in [0.717, 1.165) is 31.8 Å². The summed E-state index contributed by atoms with van der Waals surface area (Å²) in [6.07, 6.45) is 5.30. The van der Waals surface area contributed by atoms with Crippen LogP contribution in [0.2, 0.25) is 0 Å². The lowest BCUT2D eigenvalue weighted by Gasteiger charge is -2.38. The fourth-order valence-corrected chi connectivity index (χ4v) is 5.88. The maximum Gasteiger partial charge on any atom is 0.243 e. The highest BCUT2D eigenvalue weighted by Gasteiger charge is 2.34. The Balaban J connectivity index is 1.23. The molecule has 0 unspecified atom stereocenters. The molecule has 4 rings (SSSR count). The molecule has 0 spiro atoms. The van der Waals surface area contributed by atoms with Gasteiger partial charge < -0.3 is 4.90 Å². The highest BCUT2D eigenvalue weighted by atomic mass is 32.2. The zero-order valence-corrected chi connectivity index (χ0v) is 19.5. The molecule has 176 valence electrons. The second-order valence-corrected chi connectivity index (χ2v) is 10.5. The lowest BCUT2D eigenvalue weighted by atomic mass is 9.96. The maximum atomic E-state index is 13.1. The number of hydrogen-bond acceptors (Lipinski definition) is 4. The van der Waals surface area contributed by atoms with Crippen molar-refractivity contribution in [1.82, 2.24) is 14.1 Å². The van der Waals surface area contributed by atoms with Crippen LogP contribution in [0.25, 0.3) is 6.08 Å². The first-order chi connectivity index (χ1) is 15.9. The smallest absolute Gasteiger partial charge is 0.243 e. The Hall–Kier alpha value is -2.55. The molecule has 0 N–H and O–H groups in total. The van der Waals surface area contributed by atoms with Gasteiger partial charge in [-0.3, -0.25) is 9.69 Å². The molecule has 8 heteroatoms. The number of carbonyl (C=O) groups is 1. The summed E-state index contributed by atoms with van der Waals surface area (Å²) in [5.41, 5.74) is 1.18. The van der Waals surface area contributed by atoms with Gasteiger partial charge in [-0.15, -0.1) is 0 Å². The monoisotopic (exact) mass is 471 g/mol. The van der Waals surface area contributed by atoms with Gasteiger partial charge in [-0.05, 0) is 42.7 Å². The third kappa shape index (κ3) is 5.88. The molecule has 33 heavy (non-hydrogen) atoms. The molecule has 2 aromatic carbocycles. The molecule has 2 saturated heterocycles. The number of piperidine rings is 1. The third-order valence-electron chi connectivity index (χ3n) is 6.41. The number of rotatable bonds is 6. The average Bonchev–Trinajstić information content (AvgIpc) is 2.85. The molecular weight excluding hydrogens is 441 g/mol. The summed E-state index contributed by atoms with van der Waals surface area (Å²) in [6.45, 7) is 4.54. The minimum atomic E-state index is -3.66. The van der Waals surface area contributed by atoms with Gasteiger partial charge in [0.05, 0.1) is 4.90 Å². The predicted octanol–water partition coefficient (Wildman–Crippen LogP) is 3.08. The Labute approximate surface area is 195 Å². The van der Waals surface area contributed by atoms with Gasteiger partial charge in [-0.2, -0.15) is 4.31 Å². The SMILES string of the molecule is O=C(C1CCN(S(=O)(=O)c2ccc(F)cc2)CC1)N1CCN(CC=Cc2ccccc2)CC1. The molecule has 2 fully saturated rings. The van der Waals surface area contributed by atoms with Crippen LogP contribution >= 0.6 is 0 Å². The van der Waals surface area contributed by atoms with Gasteiger partial charge in [0.1, 0.15) is 5.82 Å². The lowest BCUT2D eigenvalue weighted by molar-refractivity contribution is -0.138. The Morgan fingerprint density at radius 3 is 2.18 bits per heavy atom. The van der Waals surface area contributed by atoms with E-state index in [1.807, 2.05) is 23.1 Å². The Kier molecular flexibility index (Phi) is 7.57. The molecule has 2 aliphatic rings. The molecule has 0 aromatic heterocycles. The largest absolute Gasteiger partial charge is 0.340 e. The first-order valence-electron chi connectivity index (χ1n) is 11.4. The van der Waals surface area contributed by atoms with E-state index >= 15 is 0 Å². The summed E-state index contributed by atoms with van der Waals surface area (Å²) in [5, 5.41) is 0. The van der Waals surface area contributed by atoms with Gasteiger partial charge >= 0.3 is 0 Å². The highest BCUT2D eigenvalue weighted by Crippen LogP contribution is 2.25. The Bertz CT molecular complexity index is 1060. The molecule has 1 amide bonds. The minimum absolute atomic E-state index is 0.0890. The van der Waals surface area contributed by atoms with Crippen molar-refractivity contribution >= 4 is 22.0 Å². The number of nitrogens with zero attached hydrogens (tertiary/aromatic N) is 3. The summed E-state index contributed by atoms with van der Waals surface area (Å²) in [4.78, 5) is 17.4. The predicted molar refractivity (Wildman–Crippen MR) is 126 cm³/mol. The number of carbonyl (C=O) groups excluding carboxylic acids is 1. The maximum absolute atomic E-state index is 13.1. The standard InChI is InChI=1S/C25H30FN3O3S/c26-23-8-10-24(11-9-23)33(31,32)29-15-12-22(13-16-29)25(30)28-19-17-27(18-20-28)14-4-7-21-5-2-1-3-6-21/h1-11,22H,12-20H2. The second-order valence-electron chi connectivity index (χ2n) is 8.57. The fraction of sp³-hybridized carbons (Fsp3) is 0.400. The van der Waals surface area contributed by atoms with E-state index in [2.05, 4.69) is 29.2 Å². The molecule has 2 heterocycles. The van der Waals surface area contributed by atoms with Crippen LogP contribution in [-0.2, 0) is 14.8 Å². The second kappa shape index (κ2) is 10.6. The van der Waals surface area contributed by atoms with Crippen LogP contribution in [0.3, 0.4) is 0 Å². The molecule has 0 radical (unpaired) electrons.